The normalized spacial score (nSPS) is 18.5. The zero-order valence-corrected chi connectivity index (χ0v) is 12.8. The van der Waals surface area contributed by atoms with E-state index in [-0.39, 0.29) is 0 Å². The SMILES string of the molecule is CCN1CCC(C(C)Nc2cc(C#N)ccc2C)CC1. The molecule has 20 heavy (non-hydrogen) atoms. The van der Waals surface area contributed by atoms with Crippen molar-refractivity contribution in [2.24, 2.45) is 5.92 Å². The Morgan fingerprint density at radius 3 is 2.70 bits per heavy atom. The molecule has 0 bridgehead atoms. The van der Waals surface area contributed by atoms with Crippen molar-refractivity contribution in [2.45, 2.75) is 39.7 Å². The third-order valence-electron chi connectivity index (χ3n) is 4.54. The molecule has 0 aliphatic carbocycles. The zero-order chi connectivity index (χ0) is 14.5. The minimum Gasteiger partial charge on any atom is -0.382 e. The van der Waals surface area contributed by atoms with Gasteiger partial charge in [-0.05, 0) is 69.9 Å². The van der Waals surface area contributed by atoms with Gasteiger partial charge in [-0.1, -0.05) is 13.0 Å². The number of aryl methyl sites for hydroxylation is 1. The number of rotatable bonds is 4. The summed E-state index contributed by atoms with van der Waals surface area (Å²) < 4.78 is 0. The van der Waals surface area contributed by atoms with Crippen molar-refractivity contribution >= 4 is 5.69 Å². The quantitative estimate of drug-likeness (QED) is 0.912. The van der Waals surface area contributed by atoms with Crippen LogP contribution in [-0.2, 0) is 0 Å². The Hall–Kier alpha value is -1.53. The maximum atomic E-state index is 9.01. The molecule has 1 aliphatic rings. The third kappa shape index (κ3) is 3.52. The predicted octanol–water partition coefficient (Wildman–Crippen LogP) is 3.40. The average molecular weight is 271 g/mol. The Labute approximate surface area is 122 Å². The van der Waals surface area contributed by atoms with Crippen LogP contribution >= 0.6 is 0 Å². The fourth-order valence-corrected chi connectivity index (χ4v) is 2.98. The molecule has 0 radical (unpaired) electrons. The van der Waals surface area contributed by atoms with Crippen LogP contribution in [0, 0.1) is 24.2 Å². The summed E-state index contributed by atoms with van der Waals surface area (Å²) in [4.78, 5) is 2.52. The monoisotopic (exact) mass is 271 g/mol. The number of hydrogen-bond acceptors (Lipinski definition) is 3. The van der Waals surface area contributed by atoms with Crippen LogP contribution in [0.3, 0.4) is 0 Å². The van der Waals surface area contributed by atoms with E-state index >= 15 is 0 Å². The van der Waals surface area contributed by atoms with Gasteiger partial charge in [0.25, 0.3) is 0 Å². The Kier molecular flexibility index (Phi) is 5.03. The van der Waals surface area contributed by atoms with Gasteiger partial charge >= 0.3 is 0 Å². The number of piperidine rings is 1. The molecular weight excluding hydrogens is 246 g/mol. The van der Waals surface area contributed by atoms with Crippen LogP contribution in [0.1, 0.15) is 37.8 Å². The molecule has 1 aromatic rings. The van der Waals surface area contributed by atoms with Crippen molar-refractivity contribution in [3.63, 3.8) is 0 Å². The van der Waals surface area contributed by atoms with E-state index in [0.717, 1.165) is 23.7 Å². The summed E-state index contributed by atoms with van der Waals surface area (Å²) in [5.74, 6) is 0.725. The molecule has 0 amide bonds. The van der Waals surface area contributed by atoms with E-state index in [4.69, 9.17) is 5.26 Å². The van der Waals surface area contributed by atoms with Crippen LogP contribution < -0.4 is 5.32 Å². The highest BCUT2D eigenvalue weighted by Crippen LogP contribution is 2.25. The van der Waals surface area contributed by atoms with Gasteiger partial charge in [0.15, 0.2) is 0 Å². The summed E-state index contributed by atoms with van der Waals surface area (Å²) in [6.07, 6.45) is 2.53. The molecule has 1 aromatic carbocycles. The molecule has 0 spiro atoms. The lowest BCUT2D eigenvalue weighted by Gasteiger charge is -2.35. The fraction of sp³-hybridized carbons (Fsp3) is 0.588. The van der Waals surface area contributed by atoms with Crippen LogP contribution in [-0.4, -0.2) is 30.6 Å². The molecule has 3 heteroatoms. The summed E-state index contributed by atoms with van der Waals surface area (Å²) in [5, 5.41) is 12.6. The van der Waals surface area contributed by atoms with Gasteiger partial charge < -0.3 is 10.2 Å². The highest BCUT2D eigenvalue weighted by atomic mass is 15.1. The lowest BCUT2D eigenvalue weighted by molar-refractivity contribution is 0.183. The summed E-state index contributed by atoms with van der Waals surface area (Å²) in [6, 6.07) is 8.54. The number of hydrogen-bond donors (Lipinski definition) is 1. The van der Waals surface area contributed by atoms with Crippen molar-refractivity contribution < 1.29 is 0 Å². The highest BCUT2D eigenvalue weighted by Gasteiger charge is 2.23. The number of nitriles is 1. The first-order valence-corrected chi connectivity index (χ1v) is 7.63. The molecular formula is C17H25N3. The Bertz CT molecular complexity index is 481. The molecule has 1 N–H and O–H groups in total. The van der Waals surface area contributed by atoms with E-state index < -0.39 is 0 Å². The molecule has 108 valence electrons. The highest BCUT2D eigenvalue weighted by molar-refractivity contribution is 5.55. The number of anilines is 1. The molecule has 0 saturated carbocycles. The second-order valence-electron chi connectivity index (χ2n) is 5.85. The van der Waals surface area contributed by atoms with Crippen molar-refractivity contribution in [3.05, 3.63) is 29.3 Å². The van der Waals surface area contributed by atoms with E-state index in [2.05, 4.69) is 37.1 Å². The Morgan fingerprint density at radius 1 is 1.40 bits per heavy atom. The first-order valence-electron chi connectivity index (χ1n) is 7.63. The average Bonchev–Trinajstić information content (AvgIpc) is 2.49. The maximum absolute atomic E-state index is 9.01. The van der Waals surface area contributed by atoms with Crippen LogP contribution in [0.2, 0.25) is 0 Å². The molecule has 0 aromatic heterocycles. The number of nitrogens with one attached hydrogen (secondary N) is 1. The lowest BCUT2D eigenvalue weighted by Crippen LogP contribution is -2.39. The molecule has 3 nitrogen and oxygen atoms in total. The maximum Gasteiger partial charge on any atom is 0.0992 e. The largest absolute Gasteiger partial charge is 0.382 e. The van der Waals surface area contributed by atoms with Gasteiger partial charge in [-0.2, -0.15) is 5.26 Å². The second-order valence-corrected chi connectivity index (χ2v) is 5.85. The van der Waals surface area contributed by atoms with E-state index in [1.165, 1.54) is 31.5 Å². The number of benzene rings is 1. The molecule has 1 aliphatic heterocycles. The summed E-state index contributed by atoms with van der Waals surface area (Å²) in [6.45, 7) is 10.2. The smallest absolute Gasteiger partial charge is 0.0992 e. The van der Waals surface area contributed by atoms with E-state index in [1.807, 2.05) is 18.2 Å². The topological polar surface area (TPSA) is 39.1 Å². The fourth-order valence-electron chi connectivity index (χ4n) is 2.98. The van der Waals surface area contributed by atoms with Crippen molar-refractivity contribution in [1.82, 2.24) is 4.90 Å². The van der Waals surface area contributed by atoms with Gasteiger partial charge in [0.1, 0.15) is 0 Å². The van der Waals surface area contributed by atoms with Gasteiger partial charge in [-0.25, -0.2) is 0 Å². The minimum absolute atomic E-state index is 0.460. The van der Waals surface area contributed by atoms with Gasteiger partial charge in [-0.3, -0.25) is 0 Å². The molecule has 1 unspecified atom stereocenters. The first kappa shape index (κ1) is 14.9. The third-order valence-corrected chi connectivity index (χ3v) is 4.54. The zero-order valence-electron chi connectivity index (χ0n) is 12.8. The van der Waals surface area contributed by atoms with Gasteiger partial charge in [-0.15, -0.1) is 0 Å². The van der Waals surface area contributed by atoms with E-state index in [1.54, 1.807) is 0 Å². The van der Waals surface area contributed by atoms with Crippen LogP contribution in [0.5, 0.6) is 0 Å². The lowest BCUT2D eigenvalue weighted by atomic mass is 9.90. The summed E-state index contributed by atoms with van der Waals surface area (Å²) in [5.41, 5.74) is 3.04. The standard InChI is InChI=1S/C17H25N3/c1-4-20-9-7-16(8-10-20)14(3)19-17-11-15(12-18)6-5-13(17)2/h5-6,11,14,16,19H,4,7-10H2,1-3H3. The molecule has 1 atom stereocenters. The van der Waals surface area contributed by atoms with Crippen LogP contribution in [0.15, 0.2) is 18.2 Å². The summed E-state index contributed by atoms with van der Waals surface area (Å²) in [7, 11) is 0. The first-order chi connectivity index (χ1) is 9.63. The van der Waals surface area contributed by atoms with Crippen molar-refractivity contribution in [3.8, 4) is 6.07 Å². The number of likely N-dealkylation sites (tertiary alicyclic amines) is 1. The van der Waals surface area contributed by atoms with E-state index in [9.17, 15) is 0 Å². The van der Waals surface area contributed by atoms with Crippen LogP contribution in [0.4, 0.5) is 5.69 Å². The van der Waals surface area contributed by atoms with Crippen molar-refractivity contribution in [1.29, 1.82) is 5.26 Å². The molecule has 1 fully saturated rings. The van der Waals surface area contributed by atoms with Crippen molar-refractivity contribution in [2.75, 3.05) is 25.0 Å². The minimum atomic E-state index is 0.460. The van der Waals surface area contributed by atoms with Gasteiger partial charge in [0.05, 0.1) is 11.6 Å². The number of nitrogens with zero attached hydrogens (tertiary/aromatic N) is 2. The Morgan fingerprint density at radius 2 is 2.10 bits per heavy atom. The summed E-state index contributed by atoms with van der Waals surface area (Å²) >= 11 is 0. The predicted molar refractivity (Wildman–Crippen MR) is 83.8 cm³/mol. The molecule has 1 heterocycles. The van der Waals surface area contributed by atoms with Gasteiger partial charge in [0, 0.05) is 11.7 Å². The van der Waals surface area contributed by atoms with Gasteiger partial charge in [0.2, 0.25) is 0 Å². The molecule has 1 saturated heterocycles. The van der Waals surface area contributed by atoms with Crippen LogP contribution in [0.25, 0.3) is 0 Å². The van der Waals surface area contributed by atoms with E-state index in [0.29, 0.717) is 6.04 Å². The Balaban J connectivity index is 1.98. The molecule has 2 rings (SSSR count). The second kappa shape index (κ2) is 6.76.